The second-order valence-electron chi connectivity index (χ2n) is 8.17. The van der Waals surface area contributed by atoms with Crippen LogP contribution in [0.15, 0.2) is 41.3 Å². The molecule has 4 rings (SSSR count). The molecule has 10 nitrogen and oxygen atoms in total. The van der Waals surface area contributed by atoms with E-state index >= 15 is 0 Å². The Balaban J connectivity index is 1.76. The number of hydrogen-bond donors (Lipinski definition) is 3. The summed E-state index contributed by atoms with van der Waals surface area (Å²) in [4.78, 5) is 14.1. The Morgan fingerprint density at radius 1 is 1.21 bits per heavy atom. The highest BCUT2D eigenvalue weighted by Crippen LogP contribution is 2.34. The minimum atomic E-state index is -0.607. The van der Waals surface area contributed by atoms with E-state index in [4.69, 9.17) is 19.2 Å². The standard InChI is InChI=1S/C24H29N7O3/c1-14-22(21-15(2)30-34-16(21)3)28-24(29-23(14)27-20-11-31(5)13-26-20)17-7-6-8-19(9-17)33-12-18(32)10-25-4/h6-9,11,13,18,25,32H,10,12H2,1-5H3,(H,27,28,29). The van der Waals surface area contributed by atoms with Crippen molar-refractivity contribution in [2.45, 2.75) is 26.9 Å². The molecule has 0 aliphatic rings. The van der Waals surface area contributed by atoms with Crippen molar-refractivity contribution in [3.05, 3.63) is 53.8 Å². The number of ether oxygens (including phenoxy) is 1. The number of likely N-dealkylation sites (N-methyl/N-ethyl adjacent to an activating group) is 1. The van der Waals surface area contributed by atoms with Crippen molar-refractivity contribution in [1.82, 2.24) is 30.0 Å². The second-order valence-corrected chi connectivity index (χ2v) is 8.17. The van der Waals surface area contributed by atoms with E-state index in [1.807, 2.05) is 62.8 Å². The van der Waals surface area contributed by atoms with E-state index < -0.39 is 6.10 Å². The fraction of sp³-hybridized carbons (Fsp3) is 0.333. The zero-order chi connectivity index (χ0) is 24.2. The van der Waals surface area contributed by atoms with Gasteiger partial charge in [-0.25, -0.2) is 15.0 Å². The number of aliphatic hydroxyl groups is 1. The third-order valence-electron chi connectivity index (χ3n) is 5.34. The molecule has 10 heteroatoms. The van der Waals surface area contributed by atoms with E-state index in [9.17, 15) is 5.11 Å². The average Bonchev–Trinajstić information content (AvgIpc) is 3.38. The molecule has 0 fully saturated rings. The second kappa shape index (κ2) is 10.0. The lowest BCUT2D eigenvalue weighted by Gasteiger charge is -2.15. The van der Waals surface area contributed by atoms with Crippen LogP contribution in [-0.2, 0) is 7.05 Å². The SMILES string of the molecule is CNCC(O)COc1cccc(-c2nc(Nc3cn(C)cn3)c(C)c(-c3c(C)noc3C)n2)c1. The molecule has 0 saturated carbocycles. The summed E-state index contributed by atoms with van der Waals surface area (Å²) in [5.41, 5.74) is 3.96. The van der Waals surface area contributed by atoms with E-state index in [2.05, 4.69) is 20.8 Å². The van der Waals surface area contributed by atoms with Gasteiger partial charge >= 0.3 is 0 Å². The summed E-state index contributed by atoms with van der Waals surface area (Å²) in [7, 11) is 3.69. The molecule has 0 saturated heterocycles. The van der Waals surface area contributed by atoms with Gasteiger partial charge in [-0.05, 0) is 40.0 Å². The third-order valence-corrected chi connectivity index (χ3v) is 5.34. The molecule has 0 spiro atoms. The lowest BCUT2D eigenvalue weighted by Crippen LogP contribution is -2.29. The van der Waals surface area contributed by atoms with Crippen molar-refractivity contribution in [3.8, 4) is 28.4 Å². The Bertz CT molecular complexity index is 1260. The number of aromatic nitrogens is 5. The van der Waals surface area contributed by atoms with Crippen LogP contribution in [-0.4, -0.2) is 56.1 Å². The normalized spacial score (nSPS) is 12.1. The minimum Gasteiger partial charge on any atom is -0.491 e. The quantitative estimate of drug-likeness (QED) is 0.343. The number of aliphatic hydroxyl groups excluding tert-OH is 1. The third kappa shape index (κ3) is 5.08. The highest BCUT2D eigenvalue weighted by molar-refractivity contribution is 5.75. The number of rotatable bonds is 9. The van der Waals surface area contributed by atoms with Gasteiger partial charge in [-0.3, -0.25) is 0 Å². The number of nitrogens with one attached hydrogen (secondary N) is 2. The first-order chi connectivity index (χ1) is 16.4. The fourth-order valence-electron chi connectivity index (χ4n) is 3.64. The largest absolute Gasteiger partial charge is 0.491 e. The maximum absolute atomic E-state index is 9.96. The van der Waals surface area contributed by atoms with Crippen LogP contribution in [0, 0.1) is 20.8 Å². The fourth-order valence-corrected chi connectivity index (χ4v) is 3.64. The number of nitrogens with zero attached hydrogens (tertiary/aromatic N) is 5. The molecule has 0 aliphatic carbocycles. The van der Waals surface area contributed by atoms with Crippen molar-refractivity contribution >= 4 is 11.6 Å². The first kappa shape index (κ1) is 23.4. The predicted octanol–water partition coefficient (Wildman–Crippen LogP) is 3.16. The van der Waals surface area contributed by atoms with E-state index in [1.54, 1.807) is 13.4 Å². The van der Waals surface area contributed by atoms with E-state index in [0.717, 1.165) is 28.1 Å². The number of aryl methyl sites for hydroxylation is 3. The summed E-state index contributed by atoms with van der Waals surface area (Å²) in [6.07, 6.45) is 2.99. The van der Waals surface area contributed by atoms with Crippen LogP contribution < -0.4 is 15.4 Å². The van der Waals surface area contributed by atoms with Gasteiger partial charge in [0.2, 0.25) is 0 Å². The van der Waals surface area contributed by atoms with Crippen molar-refractivity contribution in [1.29, 1.82) is 0 Å². The number of hydrogen-bond acceptors (Lipinski definition) is 9. The van der Waals surface area contributed by atoms with Crippen LogP contribution in [0.3, 0.4) is 0 Å². The van der Waals surface area contributed by atoms with E-state index in [0.29, 0.717) is 35.5 Å². The van der Waals surface area contributed by atoms with Gasteiger partial charge in [0.05, 0.1) is 23.3 Å². The topological polar surface area (TPSA) is 123 Å². The summed E-state index contributed by atoms with van der Waals surface area (Å²) >= 11 is 0. The zero-order valence-corrected chi connectivity index (χ0v) is 20.0. The Hall–Kier alpha value is -3.76. The summed E-state index contributed by atoms with van der Waals surface area (Å²) in [6, 6.07) is 7.49. The monoisotopic (exact) mass is 463 g/mol. The molecule has 0 aliphatic heterocycles. The van der Waals surface area contributed by atoms with Crippen LogP contribution in [0.5, 0.6) is 5.75 Å². The average molecular weight is 464 g/mol. The first-order valence-corrected chi connectivity index (χ1v) is 11.0. The van der Waals surface area contributed by atoms with Crippen LogP contribution >= 0.6 is 0 Å². The molecule has 0 bridgehead atoms. The predicted molar refractivity (Wildman–Crippen MR) is 129 cm³/mol. The van der Waals surface area contributed by atoms with Crippen LogP contribution in [0.4, 0.5) is 11.6 Å². The Morgan fingerprint density at radius 3 is 2.71 bits per heavy atom. The molecule has 1 unspecified atom stereocenters. The molecule has 3 N–H and O–H groups in total. The molecule has 178 valence electrons. The summed E-state index contributed by atoms with van der Waals surface area (Å²) < 4.78 is 13.0. The highest BCUT2D eigenvalue weighted by Gasteiger charge is 2.21. The molecule has 3 heterocycles. The summed E-state index contributed by atoms with van der Waals surface area (Å²) in [6.45, 7) is 6.34. The molecule has 1 atom stereocenters. The molecule has 3 aromatic heterocycles. The molecular weight excluding hydrogens is 434 g/mol. The maximum atomic E-state index is 9.96. The molecule has 0 amide bonds. The Morgan fingerprint density at radius 2 is 2.03 bits per heavy atom. The van der Waals surface area contributed by atoms with Gasteiger partial charge in [0, 0.05) is 30.9 Å². The van der Waals surface area contributed by atoms with Gasteiger partial charge in [0.15, 0.2) is 5.82 Å². The number of benzene rings is 1. The van der Waals surface area contributed by atoms with Crippen molar-refractivity contribution in [3.63, 3.8) is 0 Å². The zero-order valence-electron chi connectivity index (χ0n) is 20.0. The molecule has 0 radical (unpaired) electrons. The van der Waals surface area contributed by atoms with Gasteiger partial charge in [0.1, 0.15) is 35.9 Å². The lowest BCUT2D eigenvalue weighted by atomic mass is 10.0. The van der Waals surface area contributed by atoms with E-state index in [-0.39, 0.29) is 6.61 Å². The van der Waals surface area contributed by atoms with Gasteiger partial charge in [-0.1, -0.05) is 17.3 Å². The summed E-state index contributed by atoms with van der Waals surface area (Å²) in [5.74, 6) is 3.13. The Kier molecular flexibility index (Phi) is 6.90. The first-order valence-electron chi connectivity index (χ1n) is 11.0. The van der Waals surface area contributed by atoms with Crippen molar-refractivity contribution in [2.24, 2.45) is 7.05 Å². The smallest absolute Gasteiger partial charge is 0.162 e. The van der Waals surface area contributed by atoms with Gasteiger partial charge in [-0.15, -0.1) is 0 Å². The highest BCUT2D eigenvalue weighted by atomic mass is 16.5. The molecule has 1 aromatic carbocycles. The van der Waals surface area contributed by atoms with Gasteiger partial charge in [-0.2, -0.15) is 0 Å². The number of imidazole rings is 1. The van der Waals surface area contributed by atoms with Crippen molar-refractivity contribution in [2.75, 3.05) is 25.5 Å². The van der Waals surface area contributed by atoms with Crippen LogP contribution in [0.25, 0.3) is 22.6 Å². The maximum Gasteiger partial charge on any atom is 0.162 e. The van der Waals surface area contributed by atoms with Gasteiger partial charge < -0.3 is 29.6 Å². The summed E-state index contributed by atoms with van der Waals surface area (Å²) in [5, 5.41) is 20.3. The lowest BCUT2D eigenvalue weighted by molar-refractivity contribution is 0.108. The van der Waals surface area contributed by atoms with E-state index in [1.165, 1.54) is 0 Å². The van der Waals surface area contributed by atoms with Crippen molar-refractivity contribution < 1.29 is 14.4 Å². The minimum absolute atomic E-state index is 0.176. The number of anilines is 2. The molecule has 34 heavy (non-hydrogen) atoms. The van der Waals surface area contributed by atoms with Gasteiger partial charge in [0.25, 0.3) is 0 Å². The Labute approximate surface area is 198 Å². The van der Waals surface area contributed by atoms with Crippen LogP contribution in [0.2, 0.25) is 0 Å². The molecular formula is C24H29N7O3. The van der Waals surface area contributed by atoms with Crippen LogP contribution in [0.1, 0.15) is 17.0 Å². The molecule has 4 aromatic rings.